The summed E-state index contributed by atoms with van der Waals surface area (Å²) >= 11 is 0. The molecule has 1 amide bonds. The normalized spacial score (nSPS) is 10.2. The van der Waals surface area contributed by atoms with Gasteiger partial charge in [0.05, 0.1) is 18.4 Å². The molecule has 0 aliphatic rings. The highest BCUT2D eigenvalue weighted by molar-refractivity contribution is 6.08. The molecule has 5 heteroatoms. The minimum atomic E-state index is -0.365. The maximum Gasteiger partial charge on any atom is 0.257 e. The van der Waals surface area contributed by atoms with E-state index in [9.17, 15) is 9.18 Å². The van der Waals surface area contributed by atoms with Crippen LogP contribution < -0.4 is 15.8 Å². The molecule has 2 aromatic carbocycles. The Kier molecular flexibility index (Phi) is 3.89. The summed E-state index contributed by atoms with van der Waals surface area (Å²) in [4.78, 5) is 12.2. The van der Waals surface area contributed by atoms with Gasteiger partial charge in [0, 0.05) is 5.69 Å². The van der Waals surface area contributed by atoms with Crippen LogP contribution in [-0.4, -0.2) is 13.0 Å². The second kappa shape index (κ2) is 5.61. The molecule has 0 unspecified atom stereocenters. The number of nitrogens with one attached hydrogen (secondary N) is 1. The number of nitrogens with two attached hydrogens (primary N) is 1. The van der Waals surface area contributed by atoms with Gasteiger partial charge in [0.15, 0.2) is 0 Å². The van der Waals surface area contributed by atoms with Crippen LogP contribution in [0.4, 0.5) is 15.8 Å². The van der Waals surface area contributed by atoms with E-state index in [1.165, 1.54) is 25.3 Å². The van der Waals surface area contributed by atoms with Crippen LogP contribution in [0, 0.1) is 12.7 Å². The number of rotatable bonds is 3. The van der Waals surface area contributed by atoms with Gasteiger partial charge in [-0.05, 0) is 42.8 Å². The number of carbonyl (C=O) groups is 1. The topological polar surface area (TPSA) is 64.3 Å². The van der Waals surface area contributed by atoms with Gasteiger partial charge in [0.25, 0.3) is 5.91 Å². The number of amides is 1. The first kappa shape index (κ1) is 13.9. The highest BCUT2D eigenvalue weighted by Gasteiger charge is 2.14. The molecular weight excluding hydrogens is 259 g/mol. The zero-order valence-electron chi connectivity index (χ0n) is 11.2. The van der Waals surface area contributed by atoms with Gasteiger partial charge in [0.2, 0.25) is 0 Å². The average molecular weight is 274 g/mol. The van der Waals surface area contributed by atoms with Crippen LogP contribution in [-0.2, 0) is 0 Å². The summed E-state index contributed by atoms with van der Waals surface area (Å²) in [7, 11) is 1.48. The maximum absolute atomic E-state index is 13.0. The Morgan fingerprint density at radius 1 is 1.30 bits per heavy atom. The largest absolute Gasteiger partial charge is 0.495 e. The van der Waals surface area contributed by atoms with Gasteiger partial charge < -0.3 is 15.8 Å². The van der Waals surface area contributed by atoms with E-state index in [2.05, 4.69) is 5.32 Å². The molecule has 3 N–H and O–H groups in total. The summed E-state index contributed by atoms with van der Waals surface area (Å²) in [5.41, 5.74) is 7.63. The fourth-order valence-electron chi connectivity index (χ4n) is 1.88. The summed E-state index contributed by atoms with van der Waals surface area (Å²) in [6.45, 7) is 1.72. The number of para-hydroxylation sites is 1. The van der Waals surface area contributed by atoms with Crippen molar-refractivity contribution in [3.63, 3.8) is 0 Å². The van der Waals surface area contributed by atoms with Crippen molar-refractivity contribution in [2.45, 2.75) is 6.92 Å². The number of anilines is 2. The van der Waals surface area contributed by atoms with Gasteiger partial charge in [-0.1, -0.05) is 6.07 Å². The monoisotopic (exact) mass is 274 g/mol. The quantitative estimate of drug-likeness (QED) is 0.846. The second-order valence-corrected chi connectivity index (χ2v) is 4.33. The molecule has 0 aliphatic carbocycles. The van der Waals surface area contributed by atoms with E-state index >= 15 is 0 Å². The van der Waals surface area contributed by atoms with Crippen molar-refractivity contribution >= 4 is 17.3 Å². The fraction of sp³-hybridized carbons (Fsp3) is 0.133. The number of aryl methyl sites for hydroxylation is 1. The van der Waals surface area contributed by atoms with Crippen LogP contribution in [0.5, 0.6) is 5.75 Å². The first-order chi connectivity index (χ1) is 9.52. The van der Waals surface area contributed by atoms with Crippen molar-refractivity contribution in [3.05, 3.63) is 53.3 Å². The summed E-state index contributed by atoms with van der Waals surface area (Å²) in [6.07, 6.45) is 0. The highest BCUT2D eigenvalue weighted by Crippen LogP contribution is 2.26. The average Bonchev–Trinajstić information content (AvgIpc) is 2.42. The van der Waals surface area contributed by atoms with Crippen LogP contribution in [0.2, 0.25) is 0 Å². The number of hydrogen-bond acceptors (Lipinski definition) is 3. The first-order valence-corrected chi connectivity index (χ1v) is 6.03. The molecule has 4 nitrogen and oxygen atoms in total. The third-order valence-electron chi connectivity index (χ3n) is 2.97. The number of halogens is 1. The van der Waals surface area contributed by atoms with Crippen molar-refractivity contribution in [2.75, 3.05) is 18.2 Å². The van der Waals surface area contributed by atoms with Gasteiger partial charge >= 0.3 is 0 Å². The van der Waals surface area contributed by atoms with E-state index < -0.39 is 0 Å². The van der Waals surface area contributed by atoms with Crippen molar-refractivity contribution in [2.24, 2.45) is 0 Å². The van der Waals surface area contributed by atoms with Gasteiger partial charge in [-0.3, -0.25) is 4.79 Å². The lowest BCUT2D eigenvalue weighted by Gasteiger charge is -2.12. The summed E-state index contributed by atoms with van der Waals surface area (Å²) in [5.74, 6) is -0.272. The number of ether oxygens (including phenoxy) is 1. The summed E-state index contributed by atoms with van der Waals surface area (Å²) in [5, 5.41) is 2.70. The van der Waals surface area contributed by atoms with Crippen LogP contribution in [0.25, 0.3) is 0 Å². The van der Waals surface area contributed by atoms with Crippen LogP contribution in [0.3, 0.4) is 0 Å². The van der Waals surface area contributed by atoms with Crippen molar-refractivity contribution in [1.29, 1.82) is 0 Å². The predicted molar refractivity (Wildman–Crippen MR) is 76.5 cm³/mol. The Morgan fingerprint density at radius 2 is 2.05 bits per heavy atom. The van der Waals surface area contributed by atoms with E-state index in [-0.39, 0.29) is 17.4 Å². The number of hydrogen-bond donors (Lipinski definition) is 2. The molecule has 0 spiro atoms. The van der Waals surface area contributed by atoms with Crippen molar-refractivity contribution < 1.29 is 13.9 Å². The number of nitrogen functional groups attached to an aromatic ring is 1. The number of carbonyl (C=O) groups excluding carboxylic acids is 1. The van der Waals surface area contributed by atoms with E-state index in [1.807, 2.05) is 0 Å². The predicted octanol–water partition coefficient (Wildman–Crippen LogP) is 2.98. The molecule has 2 rings (SSSR count). The SMILES string of the molecule is COc1cccc(C(=O)Nc2ccc(F)cc2C)c1N. The summed E-state index contributed by atoms with van der Waals surface area (Å²) in [6, 6.07) is 9.12. The molecule has 0 fully saturated rings. The lowest BCUT2D eigenvalue weighted by molar-refractivity contribution is 0.102. The lowest BCUT2D eigenvalue weighted by atomic mass is 10.1. The Hall–Kier alpha value is -2.56. The molecule has 20 heavy (non-hydrogen) atoms. The number of benzene rings is 2. The van der Waals surface area contributed by atoms with E-state index in [1.54, 1.807) is 25.1 Å². The zero-order chi connectivity index (χ0) is 14.7. The fourth-order valence-corrected chi connectivity index (χ4v) is 1.88. The Labute approximate surface area is 116 Å². The van der Waals surface area contributed by atoms with Crippen molar-refractivity contribution in [3.8, 4) is 5.75 Å². The molecule has 0 atom stereocenters. The van der Waals surface area contributed by atoms with Crippen LogP contribution >= 0.6 is 0 Å². The molecule has 0 bridgehead atoms. The molecular formula is C15H15FN2O2. The molecule has 0 aliphatic heterocycles. The molecule has 0 radical (unpaired) electrons. The second-order valence-electron chi connectivity index (χ2n) is 4.33. The molecule has 104 valence electrons. The maximum atomic E-state index is 13.0. The van der Waals surface area contributed by atoms with Gasteiger partial charge in [0.1, 0.15) is 11.6 Å². The molecule has 0 aromatic heterocycles. The molecule has 0 saturated carbocycles. The molecule has 0 saturated heterocycles. The Balaban J connectivity index is 2.28. The lowest BCUT2D eigenvalue weighted by Crippen LogP contribution is -2.15. The minimum absolute atomic E-state index is 0.271. The van der Waals surface area contributed by atoms with E-state index in [4.69, 9.17) is 10.5 Å². The minimum Gasteiger partial charge on any atom is -0.495 e. The molecule has 2 aromatic rings. The first-order valence-electron chi connectivity index (χ1n) is 6.03. The van der Waals surface area contributed by atoms with Gasteiger partial charge in [-0.15, -0.1) is 0 Å². The van der Waals surface area contributed by atoms with Crippen molar-refractivity contribution in [1.82, 2.24) is 0 Å². The molecule has 0 heterocycles. The third kappa shape index (κ3) is 2.71. The van der Waals surface area contributed by atoms with Gasteiger partial charge in [-0.25, -0.2) is 4.39 Å². The third-order valence-corrected chi connectivity index (χ3v) is 2.97. The Morgan fingerprint density at radius 3 is 2.70 bits per heavy atom. The zero-order valence-corrected chi connectivity index (χ0v) is 11.2. The van der Waals surface area contributed by atoms with Gasteiger partial charge in [-0.2, -0.15) is 0 Å². The van der Waals surface area contributed by atoms with Crippen LogP contribution in [0.1, 0.15) is 15.9 Å². The Bertz CT molecular complexity index is 656. The van der Waals surface area contributed by atoms with E-state index in [0.29, 0.717) is 22.6 Å². The summed E-state index contributed by atoms with van der Waals surface area (Å²) < 4.78 is 18.1. The van der Waals surface area contributed by atoms with Crippen LogP contribution in [0.15, 0.2) is 36.4 Å². The smallest absolute Gasteiger partial charge is 0.257 e. The highest BCUT2D eigenvalue weighted by atomic mass is 19.1. The van der Waals surface area contributed by atoms with E-state index in [0.717, 1.165) is 0 Å². The number of methoxy groups -OCH3 is 1. The standard InChI is InChI=1S/C15H15FN2O2/c1-9-8-10(16)6-7-12(9)18-15(19)11-4-3-5-13(20-2)14(11)17/h3-8H,17H2,1-2H3,(H,18,19).